The molecule has 0 fully saturated rings. The van der Waals surface area contributed by atoms with Gasteiger partial charge in [-0.1, -0.05) is 44.7 Å². The Hall–Kier alpha value is -2.65. The van der Waals surface area contributed by atoms with E-state index in [9.17, 15) is 14.4 Å². The van der Waals surface area contributed by atoms with E-state index in [0.717, 1.165) is 24.8 Å². The van der Waals surface area contributed by atoms with Gasteiger partial charge >= 0.3 is 5.97 Å². The van der Waals surface area contributed by atoms with E-state index in [1.807, 2.05) is 18.2 Å². The normalized spacial score (nSPS) is 15.5. The van der Waals surface area contributed by atoms with E-state index in [2.05, 4.69) is 31.1 Å². The number of carbonyl (C=O) groups excluding carboxylic acids is 2. The third-order valence-electron chi connectivity index (χ3n) is 6.72. The van der Waals surface area contributed by atoms with Crippen LogP contribution in [0.4, 0.5) is 5.00 Å². The highest BCUT2D eigenvalue weighted by atomic mass is 32.2. The van der Waals surface area contributed by atoms with Gasteiger partial charge in [0.1, 0.15) is 5.00 Å². The van der Waals surface area contributed by atoms with E-state index in [-0.39, 0.29) is 35.9 Å². The molecule has 36 heavy (non-hydrogen) atoms. The van der Waals surface area contributed by atoms with Crippen LogP contribution in [0.2, 0.25) is 0 Å². The summed E-state index contributed by atoms with van der Waals surface area (Å²) in [5.41, 5.74) is 2.26. The van der Waals surface area contributed by atoms with E-state index < -0.39 is 0 Å². The lowest BCUT2D eigenvalue weighted by Crippen LogP contribution is -2.26. The Morgan fingerprint density at radius 2 is 2.03 bits per heavy atom. The minimum atomic E-state index is -0.371. The van der Waals surface area contributed by atoms with E-state index in [4.69, 9.17) is 4.74 Å². The van der Waals surface area contributed by atoms with Crippen LogP contribution in [-0.4, -0.2) is 33.8 Å². The largest absolute Gasteiger partial charge is 0.462 e. The minimum Gasteiger partial charge on any atom is -0.462 e. The molecule has 0 saturated carbocycles. The van der Waals surface area contributed by atoms with Crippen LogP contribution in [0, 0.1) is 11.3 Å². The average molecular weight is 528 g/mol. The van der Waals surface area contributed by atoms with Crippen molar-refractivity contribution in [3.8, 4) is 0 Å². The highest BCUT2D eigenvalue weighted by molar-refractivity contribution is 7.99. The Morgan fingerprint density at radius 1 is 1.28 bits per heavy atom. The van der Waals surface area contributed by atoms with Crippen LogP contribution in [0.25, 0.3) is 10.9 Å². The zero-order chi connectivity index (χ0) is 26.0. The van der Waals surface area contributed by atoms with Crippen LogP contribution in [0.15, 0.2) is 34.2 Å². The Balaban J connectivity index is 1.47. The van der Waals surface area contributed by atoms with Gasteiger partial charge in [0.2, 0.25) is 5.91 Å². The van der Waals surface area contributed by atoms with E-state index in [1.165, 1.54) is 32.5 Å². The smallest absolute Gasteiger partial charge is 0.341 e. The molecule has 1 unspecified atom stereocenters. The van der Waals surface area contributed by atoms with Crippen LogP contribution in [0.3, 0.4) is 0 Å². The summed E-state index contributed by atoms with van der Waals surface area (Å²) in [4.78, 5) is 44.1. The first-order valence-corrected chi connectivity index (χ1v) is 14.1. The topological polar surface area (TPSA) is 90.3 Å². The van der Waals surface area contributed by atoms with Crippen LogP contribution >= 0.6 is 23.1 Å². The molecule has 7 nitrogen and oxygen atoms in total. The van der Waals surface area contributed by atoms with Gasteiger partial charge in [0.05, 0.1) is 23.1 Å². The molecule has 0 saturated heterocycles. The first-order chi connectivity index (χ1) is 17.1. The van der Waals surface area contributed by atoms with Gasteiger partial charge in [-0.2, -0.15) is 0 Å². The second-order valence-electron chi connectivity index (χ2n) is 10.2. The number of nitrogens with zero attached hydrogens (tertiary/aromatic N) is 2. The highest BCUT2D eigenvalue weighted by Crippen LogP contribution is 2.44. The number of fused-ring (bicyclic) bond motifs is 2. The highest BCUT2D eigenvalue weighted by Gasteiger charge is 2.34. The number of aromatic nitrogens is 2. The maximum absolute atomic E-state index is 12.9. The standard InChI is InChI=1S/C27H33N3O4S2/c1-6-34-25(33)22-18-12-11-16(27(2,3)4)15-20(18)36-23(22)29-21(31)13-14-35-26-28-19-10-8-7-9-17(19)24(32)30(26)5/h7-10,16H,6,11-15H2,1-5H3,(H,29,31). The van der Waals surface area contributed by atoms with Crippen LogP contribution in [-0.2, 0) is 29.4 Å². The monoisotopic (exact) mass is 527 g/mol. The molecular formula is C27H33N3O4S2. The number of thioether (sulfide) groups is 1. The fraction of sp³-hybridized carbons (Fsp3) is 0.481. The van der Waals surface area contributed by atoms with Gasteiger partial charge in [-0.25, -0.2) is 9.78 Å². The van der Waals surface area contributed by atoms with Crippen molar-refractivity contribution < 1.29 is 14.3 Å². The van der Waals surface area contributed by atoms with Crippen molar-refractivity contribution in [2.45, 2.75) is 58.5 Å². The van der Waals surface area contributed by atoms with E-state index >= 15 is 0 Å². The summed E-state index contributed by atoms with van der Waals surface area (Å²) >= 11 is 2.87. The van der Waals surface area contributed by atoms with Gasteiger partial charge < -0.3 is 10.1 Å². The summed E-state index contributed by atoms with van der Waals surface area (Å²) in [6.45, 7) is 8.83. The fourth-order valence-corrected chi connectivity index (χ4v) is 6.82. The predicted molar refractivity (Wildman–Crippen MR) is 146 cm³/mol. The van der Waals surface area contributed by atoms with Crippen LogP contribution in [0.5, 0.6) is 0 Å². The SMILES string of the molecule is CCOC(=O)c1c(NC(=O)CCSc2nc3ccccc3c(=O)n2C)sc2c1CCC(C(C)(C)C)C2. The van der Waals surface area contributed by atoms with E-state index in [1.54, 1.807) is 20.0 Å². The zero-order valence-corrected chi connectivity index (χ0v) is 23.1. The summed E-state index contributed by atoms with van der Waals surface area (Å²) in [6, 6.07) is 7.24. The number of rotatable bonds is 7. The van der Waals surface area contributed by atoms with Gasteiger partial charge in [-0.05, 0) is 55.2 Å². The fourth-order valence-electron chi connectivity index (χ4n) is 4.58. The number of nitrogens with one attached hydrogen (secondary N) is 1. The molecule has 1 aromatic carbocycles. The number of anilines is 1. The third-order valence-corrected chi connectivity index (χ3v) is 8.93. The number of amides is 1. The summed E-state index contributed by atoms with van der Waals surface area (Å²) in [6.07, 6.45) is 2.96. The summed E-state index contributed by atoms with van der Waals surface area (Å²) < 4.78 is 6.86. The Labute approximate surface area is 219 Å². The maximum atomic E-state index is 12.9. The van der Waals surface area contributed by atoms with Gasteiger partial charge in [0, 0.05) is 24.1 Å². The lowest BCUT2D eigenvalue weighted by molar-refractivity contribution is -0.115. The Kier molecular flexibility index (Phi) is 7.90. The number of hydrogen-bond acceptors (Lipinski definition) is 7. The Morgan fingerprint density at radius 3 is 2.75 bits per heavy atom. The van der Waals surface area contributed by atoms with Crippen molar-refractivity contribution in [2.75, 3.05) is 17.7 Å². The maximum Gasteiger partial charge on any atom is 0.341 e. The molecule has 0 bridgehead atoms. The first kappa shape index (κ1) is 26.4. The molecule has 1 aliphatic rings. The van der Waals surface area contributed by atoms with Crippen LogP contribution < -0.4 is 10.9 Å². The van der Waals surface area contributed by atoms with Crippen molar-refractivity contribution in [2.24, 2.45) is 18.4 Å². The molecule has 0 radical (unpaired) electrons. The molecule has 192 valence electrons. The second-order valence-corrected chi connectivity index (χ2v) is 12.3. The molecule has 0 aliphatic heterocycles. The summed E-state index contributed by atoms with van der Waals surface area (Å²) in [5.74, 6) is 0.435. The van der Waals surface area contributed by atoms with E-state index in [0.29, 0.717) is 38.3 Å². The quantitative estimate of drug-likeness (QED) is 0.250. The molecule has 4 rings (SSSR count). The van der Waals surface area contributed by atoms with Crippen molar-refractivity contribution in [3.05, 3.63) is 50.6 Å². The number of esters is 1. The van der Waals surface area contributed by atoms with Crippen molar-refractivity contribution >= 4 is 50.9 Å². The number of benzene rings is 1. The second kappa shape index (κ2) is 10.8. The molecule has 9 heteroatoms. The molecule has 1 amide bonds. The lowest BCUT2D eigenvalue weighted by Gasteiger charge is -2.33. The zero-order valence-electron chi connectivity index (χ0n) is 21.5. The lowest BCUT2D eigenvalue weighted by atomic mass is 9.72. The molecule has 1 aliphatic carbocycles. The number of thiophene rings is 1. The predicted octanol–water partition coefficient (Wildman–Crippen LogP) is 5.44. The Bertz CT molecular complexity index is 1350. The summed E-state index contributed by atoms with van der Waals surface area (Å²) in [5, 5.41) is 4.70. The molecule has 2 heterocycles. The molecule has 3 aromatic rings. The average Bonchev–Trinajstić information content (AvgIpc) is 3.18. The molecule has 0 spiro atoms. The van der Waals surface area contributed by atoms with Gasteiger partial charge in [-0.3, -0.25) is 14.2 Å². The summed E-state index contributed by atoms with van der Waals surface area (Å²) in [7, 11) is 1.69. The number of carbonyl (C=O) groups is 2. The van der Waals surface area contributed by atoms with Crippen molar-refractivity contribution in [1.82, 2.24) is 9.55 Å². The van der Waals surface area contributed by atoms with Crippen molar-refractivity contribution in [3.63, 3.8) is 0 Å². The molecular weight excluding hydrogens is 494 g/mol. The minimum absolute atomic E-state index is 0.107. The van der Waals surface area contributed by atoms with Gasteiger partial charge in [0.25, 0.3) is 5.56 Å². The molecule has 1 N–H and O–H groups in total. The van der Waals surface area contributed by atoms with Gasteiger partial charge in [-0.15, -0.1) is 11.3 Å². The molecule has 2 aromatic heterocycles. The van der Waals surface area contributed by atoms with Gasteiger partial charge in [0.15, 0.2) is 5.16 Å². The number of para-hydroxylation sites is 1. The third kappa shape index (κ3) is 5.52. The van der Waals surface area contributed by atoms with Crippen LogP contribution in [0.1, 0.15) is 61.3 Å². The molecule has 1 atom stereocenters. The number of ether oxygens (including phenoxy) is 1. The number of hydrogen-bond donors (Lipinski definition) is 1. The van der Waals surface area contributed by atoms with Crippen molar-refractivity contribution in [1.29, 1.82) is 0 Å². The first-order valence-electron chi connectivity index (χ1n) is 12.3.